The topological polar surface area (TPSA) is 18.5 Å². The summed E-state index contributed by atoms with van der Waals surface area (Å²) in [7, 11) is 6.70. The third-order valence-electron chi connectivity index (χ3n) is 4.02. The summed E-state index contributed by atoms with van der Waals surface area (Å²) in [5, 5.41) is 3.51. The van der Waals surface area contributed by atoms with Gasteiger partial charge in [-0.2, -0.15) is 0 Å². The molecular weight excluding hydrogens is 210 g/mol. The molecule has 0 aromatic rings. The van der Waals surface area contributed by atoms with Crippen molar-refractivity contribution in [2.45, 2.75) is 38.6 Å². The van der Waals surface area contributed by atoms with Gasteiger partial charge in [0, 0.05) is 25.2 Å². The molecule has 0 heterocycles. The highest BCUT2D eigenvalue weighted by atomic mass is 15.2. The van der Waals surface area contributed by atoms with Gasteiger partial charge in [-0.15, -0.1) is 0 Å². The predicted octanol–water partition coefficient (Wildman–Crippen LogP) is 1.65. The molecule has 0 aromatic heterocycles. The standard InChI is InChI=1S/C14H31N3/c1-13(2)11-15-9-10-17(5)12-14(16(3)4)7-6-8-14/h13,15H,6-12H2,1-5H3. The van der Waals surface area contributed by atoms with Crippen LogP contribution in [0.4, 0.5) is 0 Å². The quantitative estimate of drug-likeness (QED) is 0.652. The molecule has 0 radical (unpaired) electrons. The zero-order valence-electron chi connectivity index (χ0n) is 12.4. The molecule has 1 aliphatic rings. The van der Waals surface area contributed by atoms with Crippen molar-refractivity contribution < 1.29 is 0 Å². The summed E-state index contributed by atoms with van der Waals surface area (Å²) < 4.78 is 0. The number of rotatable bonds is 8. The van der Waals surface area contributed by atoms with Crippen LogP contribution in [-0.4, -0.2) is 62.7 Å². The van der Waals surface area contributed by atoms with Crippen LogP contribution in [0.25, 0.3) is 0 Å². The highest BCUT2D eigenvalue weighted by Crippen LogP contribution is 2.36. The van der Waals surface area contributed by atoms with E-state index in [1.165, 1.54) is 25.8 Å². The Morgan fingerprint density at radius 2 is 1.82 bits per heavy atom. The highest BCUT2D eigenvalue weighted by molar-refractivity contribution is 4.97. The van der Waals surface area contributed by atoms with Gasteiger partial charge in [-0.3, -0.25) is 0 Å². The lowest BCUT2D eigenvalue weighted by Gasteiger charge is -2.49. The highest BCUT2D eigenvalue weighted by Gasteiger charge is 2.39. The van der Waals surface area contributed by atoms with Crippen LogP contribution in [0, 0.1) is 5.92 Å². The summed E-state index contributed by atoms with van der Waals surface area (Å²) in [6.45, 7) is 9.12. The predicted molar refractivity (Wildman–Crippen MR) is 75.5 cm³/mol. The van der Waals surface area contributed by atoms with Gasteiger partial charge in [0.15, 0.2) is 0 Å². The Morgan fingerprint density at radius 1 is 1.18 bits per heavy atom. The van der Waals surface area contributed by atoms with Crippen LogP contribution in [0.5, 0.6) is 0 Å². The SMILES string of the molecule is CC(C)CNCCN(C)CC1(N(C)C)CCC1. The molecule has 0 aliphatic heterocycles. The molecule has 102 valence electrons. The molecule has 1 aliphatic carbocycles. The minimum atomic E-state index is 0.465. The lowest BCUT2D eigenvalue weighted by molar-refractivity contribution is 0.0282. The number of nitrogens with zero attached hydrogens (tertiary/aromatic N) is 2. The lowest BCUT2D eigenvalue weighted by atomic mass is 9.75. The largest absolute Gasteiger partial charge is 0.315 e. The smallest absolute Gasteiger partial charge is 0.0330 e. The fraction of sp³-hybridized carbons (Fsp3) is 1.00. The Hall–Kier alpha value is -0.120. The third-order valence-corrected chi connectivity index (χ3v) is 4.02. The van der Waals surface area contributed by atoms with Gasteiger partial charge in [0.05, 0.1) is 0 Å². The van der Waals surface area contributed by atoms with Crippen LogP contribution in [0.15, 0.2) is 0 Å². The van der Waals surface area contributed by atoms with Crippen LogP contribution in [0.3, 0.4) is 0 Å². The van der Waals surface area contributed by atoms with Crippen LogP contribution in [0.2, 0.25) is 0 Å². The van der Waals surface area contributed by atoms with Gasteiger partial charge in [0.25, 0.3) is 0 Å². The van der Waals surface area contributed by atoms with Crippen molar-refractivity contribution in [2.24, 2.45) is 5.92 Å². The summed E-state index contributed by atoms with van der Waals surface area (Å²) in [6.07, 6.45) is 4.13. The monoisotopic (exact) mass is 241 g/mol. The van der Waals surface area contributed by atoms with Crippen molar-refractivity contribution in [3.63, 3.8) is 0 Å². The first-order valence-electron chi connectivity index (χ1n) is 7.03. The maximum Gasteiger partial charge on any atom is 0.0330 e. The summed E-state index contributed by atoms with van der Waals surface area (Å²) in [6, 6.07) is 0. The molecule has 1 rings (SSSR count). The molecule has 0 spiro atoms. The van der Waals surface area contributed by atoms with E-state index in [0.29, 0.717) is 5.54 Å². The molecule has 0 amide bonds. The summed E-state index contributed by atoms with van der Waals surface area (Å²) in [5.74, 6) is 0.750. The molecule has 17 heavy (non-hydrogen) atoms. The zero-order chi connectivity index (χ0) is 12.9. The molecule has 0 saturated heterocycles. The molecule has 3 nitrogen and oxygen atoms in total. The van der Waals surface area contributed by atoms with E-state index in [1.54, 1.807) is 0 Å². The maximum absolute atomic E-state index is 3.51. The first-order chi connectivity index (χ1) is 7.96. The van der Waals surface area contributed by atoms with Gasteiger partial charge >= 0.3 is 0 Å². The summed E-state index contributed by atoms with van der Waals surface area (Å²) in [5.41, 5.74) is 0.465. The Kier molecular flexibility index (Phi) is 5.90. The van der Waals surface area contributed by atoms with Gasteiger partial charge in [-0.05, 0) is 52.9 Å². The number of nitrogens with one attached hydrogen (secondary N) is 1. The van der Waals surface area contributed by atoms with E-state index < -0.39 is 0 Å². The van der Waals surface area contributed by atoms with Crippen molar-refractivity contribution >= 4 is 0 Å². The van der Waals surface area contributed by atoms with E-state index in [2.05, 4.69) is 50.1 Å². The van der Waals surface area contributed by atoms with E-state index in [1.807, 2.05) is 0 Å². The van der Waals surface area contributed by atoms with Gasteiger partial charge in [0.1, 0.15) is 0 Å². The van der Waals surface area contributed by atoms with Crippen molar-refractivity contribution in [2.75, 3.05) is 47.3 Å². The molecule has 1 N–H and O–H groups in total. The lowest BCUT2D eigenvalue weighted by Crippen LogP contribution is -2.57. The second kappa shape index (κ2) is 6.72. The second-order valence-electron chi connectivity index (χ2n) is 6.31. The fourth-order valence-electron chi connectivity index (χ4n) is 2.57. The van der Waals surface area contributed by atoms with E-state index in [0.717, 1.165) is 25.6 Å². The Labute approximate surface area is 108 Å². The number of likely N-dealkylation sites (N-methyl/N-ethyl adjacent to an activating group) is 2. The van der Waals surface area contributed by atoms with Crippen molar-refractivity contribution in [3.8, 4) is 0 Å². The molecule has 3 heteroatoms. The first kappa shape index (κ1) is 14.9. The van der Waals surface area contributed by atoms with E-state index in [9.17, 15) is 0 Å². The molecule has 1 saturated carbocycles. The first-order valence-corrected chi connectivity index (χ1v) is 7.03. The van der Waals surface area contributed by atoms with Gasteiger partial charge in [-0.25, -0.2) is 0 Å². The van der Waals surface area contributed by atoms with Crippen LogP contribution < -0.4 is 5.32 Å². The van der Waals surface area contributed by atoms with Crippen LogP contribution >= 0.6 is 0 Å². The minimum absolute atomic E-state index is 0.465. The summed E-state index contributed by atoms with van der Waals surface area (Å²) in [4.78, 5) is 4.90. The zero-order valence-corrected chi connectivity index (χ0v) is 12.4. The molecule has 0 unspecified atom stereocenters. The Balaban J connectivity index is 2.17. The van der Waals surface area contributed by atoms with Gasteiger partial charge in [0.2, 0.25) is 0 Å². The average Bonchev–Trinajstić information content (AvgIpc) is 2.17. The molecule has 0 bridgehead atoms. The number of hydrogen-bond acceptors (Lipinski definition) is 3. The van der Waals surface area contributed by atoms with E-state index in [4.69, 9.17) is 0 Å². The van der Waals surface area contributed by atoms with E-state index in [-0.39, 0.29) is 0 Å². The second-order valence-corrected chi connectivity index (χ2v) is 6.31. The van der Waals surface area contributed by atoms with Crippen LogP contribution in [0.1, 0.15) is 33.1 Å². The molecular formula is C14H31N3. The average molecular weight is 241 g/mol. The summed E-state index contributed by atoms with van der Waals surface area (Å²) >= 11 is 0. The fourth-order valence-corrected chi connectivity index (χ4v) is 2.57. The molecule has 0 aromatic carbocycles. The molecule has 1 fully saturated rings. The van der Waals surface area contributed by atoms with Crippen molar-refractivity contribution in [3.05, 3.63) is 0 Å². The third kappa shape index (κ3) is 4.57. The van der Waals surface area contributed by atoms with Crippen molar-refractivity contribution in [1.82, 2.24) is 15.1 Å². The minimum Gasteiger partial charge on any atom is -0.315 e. The Bertz CT molecular complexity index is 210. The molecule has 0 atom stereocenters. The maximum atomic E-state index is 3.51. The number of hydrogen-bond donors (Lipinski definition) is 1. The normalized spacial score (nSPS) is 19.1. The Morgan fingerprint density at radius 3 is 2.24 bits per heavy atom. The van der Waals surface area contributed by atoms with Crippen LogP contribution in [-0.2, 0) is 0 Å². The van der Waals surface area contributed by atoms with Gasteiger partial charge < -0.3 is 15.1 Å². The van der Waals surface area contributed by atoms with E-state index >= 15 is 0 Å². The van der Waals surface area contributed by atoms with Crippen molar-refractivity contribution in [1.29, 1.82) is 0 Å². The van der Waals surface area contributed by atoms with Gasteiger partial charge in [-0.1, -0.05) is 13.8 Å².